The van der Waals surface area contributed by atoms with Gasteiger partial charge in [-0.2, -0.15) is 5.26 Å². The first kappa shape index (κ1) is 14.0. The minimum atomic E-state index is -0.300. The lowest BCUT2D eigenvalue weighted by Gasteiger charge is -2.30. The van der Waals surface area contributed by atoms with Crippen molar-refractivity contribution in [1.82, 2.24) is 0 Å². The van der Waals surface area contributed by atoms with Gasteiger partial charge >= 0.3 is 0 Å². The van der Waals surface area contributed by atoms with Crippen molar-refractivity contribution in [1.29, 1.82) is 5.26 Å². The molecule has 0 heterocycles. The molecule has 0 aromatic heterocycles. The lowest BCUT2D eigenvalue weighted by Crippen LogP contribution is -2.27. The lowest BCUT2D eigenvalue weighted by atomic mass is 9.88. The molecular weight excluding hydrogens is 274 g/mol. The summed E-state index contributed by atoms with van der Waals surface area (Å²) in [6, 6.07) is 7.69. The van der Waals surface area contributed by atoms with E-state index >= 15 is 0 Å². The highest BCUT2D eigenvalue weighted by atomic mass is 35.5. The van der Waals surface area contributed by atoms with Gasteiger partial charge in [0, 0.05) is 5.02 Å². The standard InChI is InChI=1S/C16H14ClNS/c1-13-5-2-3-9-16(13,19-12-18)10-8-14-6-4-7-15(17)11-14/h2-11,13H,1H3/b10-8+. The predicted molar refractivity (Wildman–Crippen MR) is 83.9 cm³/mol. The topological polar surface area (TPSA) is 23.8 Å². The molecule has 19 heavy (non-hydrogen) atoms. The summed E-state index contributed by atoms with van der Waals surface area (Å²) in [5, 5.41) is 12.0. The first-order chi connectivity index (χ1) is 9.16. The van der Waals surface area contributed by atoms with Crippen molar-refractivity contribution < 1.29 is 0 Å². The molecule has 0 saturated carbocycles. The van der Waals surface area contributed by atoms with E-state index in [1.54, 1.807) is 0 Å². The summed E-state index contributed by atoms with van der Waals surface area (Å²) in [4.78, 5) is 0. The molecule has 1 aromatic rings. The van der Waals surface area contributed by atoms with E-state index in [9.17, 15) is 0 Å². The smallest absolute Gasteiger partial charge is 0.134 e. The van der Waals surface area contributed by atoms with E-state index in [0.717, 1.165) is 10.6 Å². The van der Waals surface area contributed by atoms with Gasteiger partial charge in [0.1, 0.15) is 5.40 Å². The number of rotatable bonds is 3. The minimum absolute atomic E-state index is 0.276. The molecule has 0 radical (unpaired) electrons. The number of nitrogens with zero attached hydrogens (tertiary/aromatic N) is 1. The fourth-order valence-electron chi connectivity index (χ4n) is 2.02. The van der Waals surface area contributed by atoms with Gasteiger partial charge in [-0.3, -0.25) is 0 Å². The number of thioether (sulfide) groups is 1. The van der Waals surface area contributed by atoms with Crippen molar-refractivity contribution >= 4 is 29.4 Å². The Hall–Kier alpha value is -1.43. The number of nitriles is 1. The van der Waals surface area contributed by atoms with Gasteiger partial charge in [0.25, 0.3) is 0 Å². The molecule has 0 saturated heterocycles. The van der Waals surface area contributed by atoms with Gasteiger partial charge in [0.05, 0.1) is 4.75 Å². The number of thiocyanates is 1. The van der Waals surface area contributed by atoms with Crippen LogP contribution >= 0.6 is 23.4 Å². The number of allylic oxidation sites excluding steroid dienone is 3. The Morgan fingerprint density at radius 2 is 2.26 bits per heavy atom. The molecule has 0 spiro atoms. The van der Waals surface area contributed by atoms with Crippen molar-refractivity contribution in [2.75, 3.05) is 0 Å². The summed E-state index contributed by atoms with van der Waals surface area (Å²) in [5.41, 5.74) is 1.04. The number of benzene rings is 1. The molecule has 1 aliphatic carbocycles. The third-order valence-electron chi connectivity index (χ3n) is 3.19. The maximum atomic E-state index is 9.04. The summed E-state index contributed by atoms with van der Waals surface area (Å²) in [7, 11) is 0. The quantitative estimate of drug-likeness (QED) is 0.725. The number of hydrogen-bond donors (Lipinski definition) is 0. The van der Waals surface area contributed by atoms with Gasteiger partial charge in [-0.05, 0) is 35.4 Å². The van der Waals surface area contributed by atoms with E-state index in [2.05, 4.69) is 30.6 Å². The first-order valence-corrected chi connectivity index (χ1v) is 7.24. The third kappa shape index (κ3) is 3.32. The zero-order valence-corrected chi connectivity index (χ0v) is 12.2. The van der Waals surface area contributed by atoms with Gasteiger partial charge < -0.3 is 0 Å². The van der Waals surface area contributed by atoms with Crippen molar-refractivity contribution in [2.24, 2.45) is 5.92 Å². The first-order valence-electron chi connectivity index (χ1n) is 6.04. The van der Waals surface area contributed by atoms with Crippen molar-refractivity contribution in [3.05, 3.63) is 65.2 Å². The summed E-state index contributed by atoms with van der Waals surface area (Å²) < 4.78 is -0.300. The van der Waals surface area contributed by atoms with Gasteiger partial charge in [0.2, 0.25) is 0 Å². The largest absolute Gasteiger partial charge is 0.185 e. The molecule has 0 fully saturated rings. The highest BCUT2D eigenvalue weighted by Gasteiger charge is 2.31. The van der Waals surface area contributed by atoms with Crippen molar-refractivity contribution in [2.45, 2.75) is 11.7 Å². The van der Waals surface area contributed by atoms with E-state index in [1.807, 2.05) is 42.5 Å². The second kappa shape index (κ2) is 6.14. The number of halogens is 1. The van der Waals surface area contributed by atoms with Crippen LogP contribution in [0.25, 0.3) is 6.08 Å². The van der Waals surface area contributed by atoms with Crippen LogP contribution in [0.3, 0.4) is 0 Å². The van der Waals surface area contributed by atoms with Crippen LogP contribution in [0.2, 0.25) is 5.02 Å². The molecule has 0 N–H and O–H groups in total. The maximum Gasteiger partial charge on any atom is 0.134 e. The molecule has 1 aromatic carbocycles. The Morgan fingerprint density at radius 1 is 1.42 bits per heavy atom. The average Bonchev–Trinajstić information content (AvgIpc) is 2.40. The Morgan fingerprint density at radius 3 is 2.95 bits per heavy atom. The van der Waals surface area contributed by atoms with Crippen LogP contribution in [0.5, 0.6) is 0 Å². The van der Waals surface area contributed by atoms with Gasteiger partial charge in [0.15, 0.2) is 0 Å². The van der Waals surface area contributed by atoms with Gasteiger partial charge in [-0.25, -0.2) is 0 Å². The molecule has 1 aliphatic rings. The van der Waals surface area contributed by atoms with E-state index in [4.69, 9.17) is 16.9 Å². The van der Waals surface area contributed by atoms with Crippen molar-refractivity contribution in [3.8, 4) is 5.40 Å². The van der Waals surface area contributed by atoms with Crippen LogP contribution in [-0.2, 0) is 0 Å². The van der Waals surface area contributed by atoms with Crippen LogP contribution in [0.4, 0.5) is 0 Å². The molecular formula is C16H14ClNS. The second-order valence-electron chi connectivity index (χ2n) is 4.47. The van der Waals surface area contributed by atoms with Crippen LogP contribution in [-0.4, -0.2) is 4.75 Å². The molecule has 2 atom stereocenters. The fourth-order valence-corrected chi connectivity index (χ4v) is 2.93. The normalized spacial score (nSPS) is 25.6. The Balaban J connectivity index is 2.29. The van der Waals surface area contributed by atoms with E-state index in [0.29, 0.717) is 0 Å². The summed E-state index contributed by atoms with van der Waals surface area (Å²) in [6.45, 7) is 2.12. The van der Waals surface area contributed by atoms with Crippen LogP contribution < -0.4 is 0 Å². The average molecular weight is 288 g/mol. The zero-order chi connectivity index (χ0) is 13.7. The highest BCUT2D eigenvalue weighted by molar-refractivity contribution is 8.05. The molecule has 0 aliphatic heterocycles. The van der Waals surface area contributed by atoms with E-state index in [-0.39, 0.29) is 10.7 Å². The molecule has 2 unspecified atom stereocenters. The van der Waals surface area contributed by atoms with Crippen LogP contribution in [0.15, 0.2) is 54.6 Å². The molecule has 3 heteroatoms. The van der Waals surface area contributed by atoms with Gasteiger partial charge in [-0.15, -0.1) is 0 Å². The van der Waals surface area contributed by atoms with Crippen LogP contribution in [0, 0.1) is 16.6 Å². The second-order valence-corrected chi connectivity index (χ2v) is 6.00. The Kier molecular flexibility index (Phi) is 4.52. The molecule has 96 valence electrons. The lowest BCUT2D eigenvalue weighted by molar-refractivity contribution is 0.654. The van der Waals surface area contributed by atoms with Crippen LogP contribution in [0.1, 0.15) is 12.5 Å². The number of hydrogen-bond acceptors (Lipinski definition) is 2. The highest BCUT2D eigenvalue weighted by Crippen LogP contribution is 2.39. The van der Waals surface area contributed by atoms with Crippen molar-refractivity contribution in [3.63, 3.8) is 0 Å². The predicted octanol–water partition coefficient (Wildman–Crippen LogP) is 5.07. The maximum absolute atomic E-state index is 9.04. The summed E-state index contributed by atoms with van der Waals surface area (Å²) >= 11 is 7.25. The molecule has 0 amide bonds. The molecule has 0 bridgehead atoms. The van der Waals surface area contributed by atoms with E-state index < -0.39 is 0 Å². The SMILES string of the molecule is CC1C=CC=CC1(/C=C/c1cccc(Cl)c1)SC#N. The minimum Gasteiger partial charge on any atom is -0.185 e. The monoisotopic (exact) mass is 287 g/mol. The third-order valence-corrected chi connectivity index (χ3v) is 4.51. The Labute approximate surface area is 123 Å². The summed E-state index contributed by atoms with van der Waals surface area (Å²) in [6.07, 6.45) is 12.3. The summed E-state index contributed by atoms with van der Waals surface area (Å²) in [5.74, 6) is 0.276. The zero-order valence-electron chi connectivity index (χ0n) is 10.6. The molecule has 1 nitrogen and oxygen atoms in total. The Bertz CT molecular complexity index is 583. The molecule has 2 rings (SSSR count). The van der Waals surface area contributed by atoms with Gasteiger partial charge in [-0.1, -0.05) is 67.1 Å². The van der Waals surface area contributed by atoms with E-state index in [1.165, 1.54) is 11.8 Å². The fraction of sp³-hybridized carbons (Fsp3) is 0.188.